The van der Waals surface area contributed by atoms with Crippen molar-refractivity contribution in [2.75, 3.05) is 6.61 Å². The lowest BCUT2D eigenvalue weighted by molar-refractivity contribution is -0.142. The van der Waals surface area contributed by atoms with Gasteiger partial charge in [0.25, 0.3) is 0 Å². The van der Waals surface area contributed by atoms with Gasteiger partial charge in [0.2, 0.25) is 5.78 Å². The van der Waals surface area contributed by atoms with Crippen LogP contribution in [0, 0.1) is 5.92 Å². The Morgan fingerprint density at radius 3 is 2.68 bits per heavy atom. The second kappa shape index (κ2) is 8.00. The summed E-state index contributed by atoms with van der Waals surface area (Å²) >= 11 is 0. The number of hydrogen-bond acceptors (Lipinski definition) is 5. The number of allylic oxidation sites excluding steroid dienone is 1. The largest absolute Gasteiger partial charge is 0.484 e. The number of ether oxygens (including phenoxy) is 2. The number of esters is 1. The first-order valence-electron chi connectivity index (χ1n) is 8.82. The molecule has 5 nitrogen and oxygen atoms in total. The van der Waals surface area contributed by atoms with E-state index in [0.717, 1.165) is 36.8 Å². The predicted molar refractivity (Wildman–Crippen MR) is 94.7 cm³/mol. The Bertz CT molecular complexity index is 624. The van der Waals surface area contributed by atoms with Crippen LogP contribution in [0.15, 0.2) is 35.1 Å². The first-order chi connectivity index (χ1) is 11.7. The van der Waals surface area contributed by atoms with Crippen molar-refractivity contribution in [1.29, 1.82) is 0 Å². The summed E-state index contributed by atoms with van der Waals surface area (Å²) < 4.78 is 11.0. The molecule has 0 aromatic carbocycles. The zero-order chi connectivity index (χ0) is 18.6. The van der Waals surface area contributed by atoms with Crippen LogP contribution in [0.2, 0.25) is 0 Å². The molecule has 2 rings (SSSR count). The van der Waals surface area contributed by atoms with E-state index in [1.54, 1.807) is 13.8 Å². The summed E-state index contributed by atoms with van der Waals surface area (Å²) in [6.07, 6.45) is 8.03. The number of rotatable bonds is 7. The van der Waals surface area contributed by atoms with Crippen molar-refractivity contribution in [2.45, 2.75) is 65.1 Å². The van der Waals surface area contributed by atoms with Gasteiger partial charge in [-0.05, 0) is 53.0 Å². The summed E-state index contributed by atoms with van der Waals surface area (Å²) in [5.74, 6) is 0.0904. The summed E-state index contributed by atoms with van der Waals surface area (Å²) in [7, 11) is 0. The normalized spacial score (nSPS) is 24.4. The highest BCUT2D eigenvalue weighted by Crippen LogP contribution is 2.31. The van der Waals surface area contributed by atoms with Crippen LogP contribution in [0.5, 0.6) is 0 Å². The summed E-state index contributed by atoms with van der Waals surface area (Å²) in [5.41, 5.74) is 1.36. The second-order valence-electron chi connectivity index (χ2n) is 7.48. The third kappa shape index (κ3) is 5.30. The van der Waals surface area contributed by atoms with E-state index in [2.05, 4.69) is 0 Å². The van der Waals surface area contributed by atoms with Crippen molar-refractivity contribution in [1.82, 2.24) is 0 Å². The molecule has 0 bridgehead atoms. The van der Waals surface area contributed by atoms with E-state index >= 15 is 0 Å². The number of cyclic esters (lactones) is 1. The van der Waals surface area contributed by atoms with Crippen molar-refractivity contribution in [3.63, 3.8) is 0 Å². The van der Waals surface area contributed by atoms with E-state index in [9.17, 15) is 14.7 Å². The van der Waals surface area contributed by atoms with Crippen molar-refractivity contribution in [3.05, 3.63) is 35.1 Å². The molecule has 0 aliphatic carbocycles. The van der Waals surface area contributed by atoms with Gasteiger partial charge in [-0.2, -0.15) is 0 Å². The van der Waals surface area contributed by atoms with Gasteiger partial charge in [-0.25, -0.2) is 4.79 Å². The average molecular weight is 348 g/mol. The molecule has 2 aliphatic rings. The van der Waals surface area contributed by atoms with Gasteiger partial charge in [0.1, 0.15) is 11.9 Å². The minimum absolute atomic E-state index is 0.0395. The second-order valence-corrected chi connectivity index (χ2v) is 7.48. The fraction of sp³-hybridized carbons (Fsp3) is 0.600. The maximum Gasteiger partial charge on any atom is 0.331 e. The van der Waals surface area contributed by atoms with E-state index in [-0.39, 0.29) is 30.4 Å². The number of hydrogen-bond donors (Lipinski definition) is 1. The molecule has 2 heterocycles. The molecule has 0 saturated carbocycles. The molecule has 25 heavy (non-hydrogen) atoms. The third-order valence-electron chi connectivity index (χ3n) is 4.61. The van der Waals surface area contributed by atoms with Crippen LogP contribution in [0.25, 0.3) is 0 Å². The quantitative estimate of drug-likeness (QED) is 0.565. The molecule has 0 aromatic heterocycles. The SMILES string of the molecule is CC(=CC1CC(C)=CC(=O)O1)CCCC(CO)C1=CC(=O)C(C)(C)O1. The highest BCUT2D eigenvalue weighted by Gasteiger charge is 2.37. The molecular weight excluding hydrogens is 320 g/mol. The Labute approximate surface area is 149 Å². The average Bonchev–Trinajstić information content (AvgIpc) is 2.76. The van der Waals surface area contributed by atoms with Gasteiger partial charge in [-0.3, -0.25) is 4.79 Å². The van der Waals surface area contributed by atoms with Crippen LogP contribution in [-0.2, 0) is 19.1 Å². The highest BCUT2D eigenvalue weighted by molar-refractivity contribution is 5.98. The molecule has 2 aliphatic heterocycles. The summed E-state index contributed by atoms with van der Waals surface area (Å²) in [6, 6.07) is 0. The monoisotopic (exact) mass is 348 g/mol. The molecule has 0 saturated heterocycles. The van der Waals surface area contributed by atoms with Gasteiger partial charge < -0.3 is 14.6 Å². The maximum absolute atomic E-state index is 11.8. The first kappa shape index (κ1) is 19.4. The Balaban J connectivity index is 1.84. The maximum atomic E-state index is 11.8. The minimum Gasteiger partial charge on any atom is -0.484 e. The van der Waals surface area contributed by atoms with E-state index in [4.69, 9.17) is 9.47 Å². The number of carbonyl (C=O) groups excluding carboxylic acids is 2. The molecule has 138 valence electrons. The summed E-state index contributed by atoms with van der Waals surface area (Å²) in [4.78, 5) is 23.3. The summed E-state index contributed by atoms with van der Waals surface area (Å²) in [5, 5.41) is 9.62. The molecule has 0 fully saturated rings. The lowest BCUT2D eigenvalue weighted by Gasteiger charge is -2.22. The molecule has 0 radical (unpaired) electrons. The van der Waals surface area contributed by atoms with Crippen molar-refractivity contribution >= 4 is 11.8 Å². The molecule has 0 amide bonds. The molecule has 0 spiro atoms. The molecular formula is C20H28O5. The van der Waals surface area contributed by atoms with E-state index < -0.39 is 5.60 Å². The first-order valence-corrected chi connectivity index (χ1v) is 8.82. The van der Waals surface area contributed by atoms with Gasteiger partial charge in [-0.15, -0.1) is 0 Å². The third-order valence-corrected chi connectivity index (χ3v) is 4.61. The van der Waals surface area contributed by atoms with Gasteiger partial charge in [-0.1, -0.05) is 11.1 Å². The Morgan fingerprint density at radius 1 is 1.40 bits per heavy atom. The van der Waals surface area contributed by atoms with Crippen LogP contribution in [0.3, 0.4) is 0 Å². The standard InChI is InChI=1S/C20H28O5/c1-13(8-16-9-14(2)10-19(23)24-16)6-5-7-15(12-21)17-11-18(22)20(3,4)25-17/h8,10-11,15-16,21H,5-7,9,12H2,1-4H3. The van der Waals surface area contributed by atoms with Crippen LogP contribution in [0.1, 0.15) is 53.4 Å². The molecule has 0 aromatic rings. The fourth-order valence-corrected chi connectivity index (χ4v) is 3.13. The van der Waals surface area contributed by atoms with Crippen LogP contribution in [0.4, 0.5) is 0 Å². The van der Waals surface area contributed by atoms with Crippen LogP contribution in [-0.4, -0.2) is 35.2 Å². The molecule has 2 atom stereocenters. The smallest absolute Gasteiger partial charge is 0.331 e. The van der Waals surface area contributed by atoms with E-state index in [1.807, 2.05) is 19.9 Å². The number of aliphatic hydroxyl groups is 1. The minimum atomic E-state index is -0.825. The zero-order valence-corrected chi connectivity index (χ0v) is 15.5. The van der Waals surface area contributed by atoms with Crippen molar-refractivity contribution in [2.24, 2.45) is 5.92 Å². The number of ketones is 1. The van der Waals surface area contributed by atoms with Crippen molar-refractivity contribution < 1.29 is 24.2 Å². The van der Waals surface area contributed by atoms with Gasteiger partial charge in [0.05, 0.1) is 6.61 Å². The van der Waals surface area contributed by atoms with Gasteiger partial charge >= 0.3 is 5.97 Å². The predicted octanol–water partition coefficient (Wildman–Crippen LogP) is 3.24. The lowest BCUT2D eigenvalue weighted by Crippen LogP contribution is -2.28. The molecule has 1 N–H and O–H groups in total. The van der Waals surface area contributed by atoms with Crippen LogP contribution >= 0.6 is 0 Å². The number of aliphatic hydroxyl groups excluding tert-OH is 1. The Hall–Kier alpha value is -1.88. The molecule has 2 unspecified atom stereocenters. The molecule has 5 heteroatoms. The Morgan fingerprint density at radius 2 is 2.12 bits per heavy atom. The van der Waals surface area contributed by atoms with Crippen LogP contribution < -0.4 is 0 Å². The van der Waals surface area contributed by atoms with Gasteiger partial charge in [0.15, 0.2) is 5.60 Å². The highest BCUT2D eigenvalue weighted by atomic mass is 16.5. The van der Waals surface area contributed by atoms with E-state index in [0.29, 0.717) is 5.76 Å². The Kier molecular flexibility index (Phi) is 6.22. The fourth-order valence-electron chi connectivity index (χ4n) is 3.13. The van der Waals surface area contributed by atoms with Gasteiger partial charge in [0, 0.05) is 24.5 Å². The van der Waals surface area contributed by atoms with Crippen molar-refractivity contribution in [3.8, 4) is 0 Å². The lowest BCUT2D eigenvalue weighted by atomic mass is 9.97. The topological polar surface area (TPSA) is 72.8 Å². The number of carbonyl (C=O) groups is 2. The summed E-state index contributed by atoms with van der Waals surface area (Å²) in [6.45, 7) is 7.39. The van der Waals surface area contributed by atoms with E-state index in [1.165, 1.54) is 12.2 Å². The zero-order valence-electron chi connectivity index (χ0n) is 15.5.